The molecule has 4 aliphatic heterocycles. The number of hydrogen-bond acceptors (Lipinski definition) is 22. The summed E-state index contributed by atoms with van der Waals surface area (Å²) in [6.45, 7) is -2.65. The van der Waals surface area contributed by atoms with Gasteiger partial charge in [0, 0.05) is 6.54 Å². The van der Waals surface area contributed by atoms with Crippen LogP contribution in [0.15, 0.2) is 0 Å². The molecule has 4 saturated heterocycles. The van der Waals surface area contributed by atoms with Crippen molar-refractivity contribution in [2.45, 2.75) is 123 Å². The molecule has 0 aromatic heterocycles. The van der Waals surface area contributed by atoms with Crippen LogP contribution in [0.5, 0.6) is 0 Å². The quantitative estimate of drug-likeness (QED) is 0.0838. The molecule has 4 rings (SSSR count). The predicted octanol–water partition coefficient (Wildman–Crippen LogP) is -9.67. The lowest BCUT2D eigenvalue weighted by Crippen LogP contribution is -2.67. The Morgan fingerprint density at radius 1 is 0.510 bits per heavy atom. The van der Waals surface area contributed by atoms with Crippen molar-refractivity contribution in [3.05, 3.63) is 0 Å². The number of carboxylic acid groups (broad SMARTS) is 1. The summed E-state index contributed by atoms with van der Waals surface area (Å²) in [4.78, 5) is 11.4. The van der Waals surface area contributed by atoms with Crippen molar-refractivity contribution in [2.24, 2.45) is 5.73 Å². The van der Waals surface area contributed by atoms with Gasteiger partial charge in [-0.25, -0.2) is 4.79 Å². The van der Waals surface area contributed by atoms with Crippen LogP contribution in [0.1, 0.15) is 0 Å². The smallest absolute Gasteiger partial charge is 0.335 e. The minimum absolute atomic E-state index is 0.0559. The number of hydrogen-bond donors (Lipinski definition) is 14. The number of carbonyl (C=O) groups is 1. The second-order valence-corrected chi connectivity index (χ2v) is 11.8. The molecule has 49 heavy (non-hydrogen) atoms. The van der Waals surface area contributed by atoms with Crippen molar-refractivity contribution < 1.29 is 109 Å². The molecule has 0 spiro atoms. The first-order valence-electron chi connectivity index (χ1n) is 15.3. The first kappa shape index (κ1) is 40.4. The summed E-state index contributed by atoms with van der Waals surface area (Å²) >= 11 is 0. The number of ether oxygens (including phenoxy) is 8. The van der Waals surface area contributed by atoms with E-state index in [1.54, 1.807) is 0 Å². The maximum atomic E-state index is 11.4. The fourth-order valence-corrected chi connectivity index (χ4v) is 5.84. The van der Waals surface area contributed by atoms with Crippen LogP contribution in [0.2, 0.25) is 0 Å². The van der Waals surface area contributed by atoms with E-state index in [4.69, 9.17) is 43.6 Å². The van der Waals surface area contributed by atoms with Crippen molar-refractivity contribution in [1.82, 2.24) is 0 Å². The summed E-state index contributed by atoms with van der Waals surface area (Å²) in [5.41, 5.74) is 5.37. The van der Waals surface area contributed by atoms with Crippen LogP contribution in [-0.4, -0.2) is 228 Å². The van der Waals surface area contributed by atoms with Gasteiger partial charge in [0.2, 0.25) is 0 Å². The second kappa shape index (κ2) is 17.4. The Kier molecular flexibility index (Phi) is 14.4. The van der Waals surface area contributed by atoms with E-state index in [-0.39, 0.29) is 13.2 Å². The molecule has 0 aromatic carbocycles. The van der Waals surface area contributed by atoms with Crippen LogP contribution < -0.4 is 5.73 Å². The van der Waals surface area contributed by atoms with Crippen LogP contribution >= 0.6 is 0 Å². The van der Waals surface area contributed by atoms with Crippen molar-refractivity contribution in [1.29, 1.82) is 0 Å². The summed E-state index contributed by atoms with van der Waals surface area (Å²) in [5.74, 6) is -1.73. The molecule has 4 fully saturated rings. The van der Waals surface area contributed by atoms with Gasteiger partial charge in [-0.15, -0.1) is 0 Å². The fraction of sp³-hybridized carbons (Fsp3) is 0.962. The standard InChI is InChI=1S/C26H45NO22/c27-1-2-42-23-15(37)11(33)18(6(3-28)43-23)46-24-16(38)12(34)19(7(4-29)44-24)47-25-17(39)13(35)20(8(5-30)45-25)48-26-14(36)9(31)10(32)21(49-26)22(40)41/h6-21,23-26,28-39H,1-5,27H2,(H,40,41)/t6?,7?,8?,9?,10-,11?,12?,13?,14?,15?,16?,17?,18-,19+,20+,21?,23-,24+,25-,26+/m0/s1. The van der Waals surface area contributed by atoms with Gasteiger partial charge in [-0.2, -0.15) is 0 Å². The highest BCUT2D eigenvalue weighted by atomic mass is 16.8. The van der Waals surface area contributed by atoms with Gasteiger partial charge in [-0.05, 0) is 0 Å². The van der Waals surface area contributed by atoms with Gasteiger partial charge in [0.05, 0.1) is 26.4 Å². The number of aliphatic hydroxyl groups excluding tert-OH is 12. The van der Waals surface area contributed by atoms with Gasteiger partial charge in [-0.3, -0.25) is 0 Å². The third-order valence-corrected chi connectivity index (χ3v) is 8.55. The molecule has 4 heterocycles. The third-order valence-electron chi connectivity index (χ3n) is 8.55. The molecule has 4 aliphatic rings. The van der Waals surface area contributed by atoms with Crippen molar-refractivity contribution >= 4 is 5.97 Å². The Bertz CT molecular complexity index is 1040. The first-order valence-corrected chi connectivity index (χ1v) is 15.3. The molecule has 0 aromatic rings. The van der Waals surface area contributed by atoms with Crippen molar-refractivity contribution in [3.63, 3.8) is 0 Å². The van der Waals surface area contributed by atoms with E-state index in [1.807, 2.05) is 0 Å². The third kappa shape index (κ3) is 8.48. The fourth-order valence-electron chi connectivity index (χ4n) is 5.84. The van der Waals surface area contributed by atoms with Crippen LogP contribution in [0.25, 0.3) is 0 Å². The Balaban J connectivity index is 1.43. The van der Waals surface area contributed by atoms with E-state index in [0.717, 1.165) is 0 Å². The van der Waals surface area contributed by atoms with Crippen LogP contribution in [0.4, 0.5) is 0 Å². The normalized spacial score (nSPS) is 49.5. The molecule has 23 heteroatoms. The molecule has 12 unspecified atom stereocenters. The van der Waals surface area contributed by atoms with E-state index in [9.17, 15) is 71.2 Å². The van der Waals surface area contributed by atoms with Crippen LogP contribution in [-0.2, 0) is 42.7 Å². The van der Waals surface area contributed by atoms with Crippen LogP contribution in [0, 0.1) is 0 Å². The Morgan fingerprint density at radius 3 is 1.22 bits per heavy atom. The number of aliphatic carboxylic acids is 1. The topological polar surface area (TPSA) is 380 Å². The summed E-state index contributed by atoms with van der Waals surface area (Å²) in [5, 5.41) is 134. The summed E-state index contributed by atoms with van der Waals surface area (Å²) < 4.78 is 43.3. The minimum atomic E-state index is -2.09. The Morgan fingerprint density at radius 2 is 0.857 bits per heavy atom. The lowest BCUT2D eigenvalue weighted by Gasteiger charge is -2.49. The molecule has 0 amide bonds. The van der Waals surface area contributed by atoms with E-state index in [0.29, 0.717) is 0 Å². The largest absolute Gasteiger partial charge is 0.479 e. The Labute approximate surface area is 277 Å². The maximum absolute atomic E-state index is 11.4. The monoisotopic (exact) mass is 723 g/mol. The molecule has 286 valence electrons. The average molecular weight is 724 g/mol. The highest BCUT2D eigenvalue weighted by Gasteiger charge is 2.55. The average Bonchev–Trinajstić information content (AvgIpc) is 3.08. The van der Waals surface area contributed by atoms with Crippen molar-refractivity contribution in [3.8, 4) is 0 Å². The zero-order valence-electron chi connectivity index (χ0n) is 25.6. The SMILES string of the molecule is NCCO[C@H]1OC(CO)[C@H](O[C@H]2OC(CO)[C@@H](O[C@@H]3OC(CO)[C@@H](O[C@@H]4OC(C(=O)O)[C@@H](O)C(O)C4O)C(O)C3O)C(O)C2O)C(O)C1O. The summed E-state index contributed by atoms with van der Waals surface area (Å²) in [6, 6.07) is 0. The van der Waals surface area contributed by atoms with Gasteiger partial charge in [0.25, 0.3) is 0 Å². The van der Waals surface area contributed by atoms with Crippen molar-refractivity contribution in [2.75, 3.05) is 33.0 Å². The molecule has 20 atom stereocenters. The van der Waals surface area contributed by atoms with Gasteiger partial charge in [0.1, 0.15) is 91.6 Å². The number of aliphatic hydroxyl groups is 12. The van der Waals surface area contributed by atoms with Gasteiger partial charge in [-0.1, -0.05) is 0 Å². The predicted molar refractivity (Wildman–Crippen MR) is 147 cm³/mol. The number of rotatable bonds is 13. The molecule has 15 N–H and O–H groups in total. The van der Waals surface area contributed by atoms with Gasteiger partial charge >= 0.3 is 5.97 Å². The van der Waals surface area contributed by atoms with E-state index < -0.39 is 149 Å². The molecule has 0 aliphatic carbocycles. The lowest BCUT2D eigenvalue weighted by atomic mass is 9.95. The summed E-state index contributed by atoms with van der Waals surface area (Å²) in [7, 11) is 0. The molecule has 23 nitrogen and oxygen atoms in total. The van der Waals surface area contributed by atoms with Crippen LogP contribution in [0.3, 0.4) is 0 Å². The molecular formula is C26H45NO22. The highest BCUT2D eigenvalue weighted by Crippen LogP contribution is 2.34. The van der Waals surface area contributed by atoms with E-state index >= 15 is 0 Å². The van der Waals surface area contributed by atoms with Gasteiger partial charge < -0.3 is 110 Å². The molecule has 0 radical (unpaired) electrons. The lowest BCUT2D eigenvalue weighted by molar-refractivity contribution is -0.387. The zero-order chi connectivity index (χ0) is 36.3. The van der Waals surface area contributed by atoms with E-state index in [1.165, 1.54) is 0 Å². The first-order chi connectivity index (χ1) is 23.2. The molecular weight excluding hydrogens is 678 g/mol. The molecule has 0 bridgehead atoms. The molecule has 0 saturated carbocycles. The van der Waals surface area contributed by atoms with Gasteiger partial charge in [0.15, 0.2) is 31.3 Å². The number of carboxylic acids is 1. The second-order valence-electron chi connectivity index (χ2n) is 11.8. The number of nitrogens with two attached hydrogens (primary N) is 1. The Hall–Kier alpha value is -1.37. The zero-order valence-corrected chi connectivity index (χ0v) is 25.6. The minimum Gasteiger partial charge on any atom is -0.479 e. The van der Waals surface area contributed by atoms with E-state index in [2.05, 4.69) is 0 Å². The highest BCUT2D eigenvalue weighted by molar-refractivity contribution is 5.73. The summed E-state index contributed by atoms with van der Waals surface area (Å²) in [6.07, 6.45) is -36.7. The maximum Gasteiger partial charge on any atom is 0.335 e.